The van der Waals surface area contributed by atoms with Gasteiger partial charge >= 0.3 is 5.69 Å². The smallest absolute Gasteiger partial charge is 0.298 e. The first-order chi connectivity index (χ1) is 14.9. The Morgan fingerprint density at radius 3 is 2.45 bits per heavy atom. The highest BCUT2D eigenvalue weighted by atomic mass is 35.5. The Hall–Kier alpha value is -3.36. The first-order valence-electron chi connectivity index (χ1n) is 9.31. The summed E-state index contributed by atoms with van der Waals surface area (Å²) in [6.45, 7) is 0.324. The lowest BCUT2D eigenvalue weighted by Crippen LogP contribution is -2.37. The minimum Gasteiger partial charge on any atom is -0.298 e. The SMILES string of the molecule is Cn1c(=O)c2c(nc(NN=Cc3ccccc3Cl)n2Cc2ccc(Cl)cc2)n(C)c1=O. The lowest BCUT2D eigenvalue weighted by molar-refractivity contribution is 0.702. The molecule has 4 aromatic rings. The third kappa shape index (κ3) is 3.99. The topological polar surface area (TPSA) is 86.2 Å². The number of imidazole rings is 1. The molecule has 4 rings (SSSR count). The molecule has 1 N–H and O–H groups in total. The molecule has 0 radical (unpaired) electrons. The van der Waals surface area contributed by atoms with Gasteiger partial charge in [0.15, 0.2) is 11.2 Å². The van der Waals surface area contributed by atoms with Gasteiger partial charge < -0.3 is 0 Å². The van der Waals surface area contributed by atoms with Crippen LogP contribution in [0.15, 0.2) is 63.2 Å². The highest BCUT2D eigenvalue weighted by molar-refractivity contribution is 6.33. The molecule has 2 aromatic carbocycles. The van der Waals surface area contributed by atoms with E-state index in [1.165, 1.54) is 11.6 Å². The molecule has 158 valence electrons. The van der Waals surface area contributed by atoms with Crippen LogP contribution in [0.5, 0.6) is 0 Å². The standard InChI is InChI=1S/C21H18Cl2N6O2/c1-27-18-17(19(30)28(2)21(27)31)29(12-13-7-9-15(22)10-8-13)20(25-18)26-24-11-14-5-3-4-6-16(14)23/h3-11H,12H2,1-2H3,(H,25,26). The van der Waals surface area contributed by atoms with E-state index >= 15 is 0 Å². The van der Waals surface area contributed by atoms with Crippen LogP contribution in [0, 0.1) is 0 Å². The molecule has 0 fully saturated rings. The van der Waals surface area contributed by atoms with Crippen LogP contribution in [0.3, 0.4) is 0 Å². The maximum Gasteiger partial charge on any atom is 0.332 e. The van der Waals surface area contributed by atoms with Crippen molar-refractivity contribution >= 4 is 46.5 Å². The van der Waals surface area contributed by atoms with Gasteiger partial charge in [-0.05, 0) is 23.8 Å². The van der Waals surface area contributed by atoms with Crippen molar-refractivity contribution in [3.05, 3.63) is 90.5 Å². The van der Waals surface area contributed by atoms with E-state index in [-0.39, 0.29) is 11.2 Å². The number of fused-ring (bicyclic) bond motifs is 1. The summed E-state index contributed by atoms with van der Waals surface area (Å²) in [4.78, 5) is 29.7. The van der Waals surface area contributed by atoms with Crippen molar-refractivity contribution < 1.29 is 0 Å². The summed E-state index contributed by atoms with van der Waals surface area (Å²) < 4.78 is 4.07. The summed E-state index contributed by atoms with van der Waals surface area (Å²) in [6, 6.07) is 14.5. The van der Waals surface area contributed by atoms with Crippen molar-refractivity contribution in [3.63, 3.8) is 0 Å². The summed E-state index contributed by atoms with van der Waals surface area (Å²) in [7, 11) is 3.01. The minimum absolute atomic E-state index is 0.262. The molecule has 2 aromatic heterocycles. The number of benzene rings is 2. The normalized spacial score (nSPS) is 11.5. The highest BCUT2D eigenvalue weighted by Gasteiger charge is 2.19. The van der Waals surface area contributed by atoms with Gasteiger partial charge in [-0.1, -0.05) is 53.5 Å². The van der Waals surface area contributed by atoms with E-state index in [0.717, 1.165) is 15.7 Å². The number of aryl methyl sites for hydroxylation is 1. The molecule has 0 aliphatic heterocycles. The van der Waals surface area contributed by atoms with Gasteiger partial charge in [0.25, 0.3) is 5.56 Å². The minimum atomic E-state index is -0.459. The highest BCUT2D eigenvalue weighted by Crippen LogP contribution is 2.19. The molecule has 0 bridgehead atoms. The van der Waals surface area contributed by atoms with Crippen molar-refractivity contribution in [3.8, 4) is 0 Å². The maximum atomic E-state index is 12.9. The third-order valence-electron chi connectivity index (χ3n) is 4.88. The lowest BCUT2D eigenvalue weighted by Gasteiger charge is -2.09. The molecule has 0 aliphatic carbocycles. The molecule has 8 nitrogen and oxygen atoms in total. The van der Waals surface area contributed by atoms with E-state index < -0.39 is 11.2 Å². The summed E-state index contributed by atoms with van der Waals surface area (Å²) in [6.07, 6.45) is 1.56. The van der Waals surface area contributed by atoms with E-state index in [1.807, 2.05) is 30.3 Å². The van der Waals surface area contributed by atoms with Crippen LogP contribution in [-0.4, -0.2) is 24.9 Å². The van der Waals surface area contributed by atoms with Crippen LogP contribution < -0.4 is 16.7 Å². The van der Waals surface area contributed by atoms with Crippen LogP contribution in [0.4, 0.5) is 5.95 Å². The Kier molecular flexibility index (Phi) is 5.67. The predicted octanol–water partition coefficient (Wildman–Crippen LogP) is 3.23. The zero-order valence-corrected chi connectivity index (χ0v) is 18.2. The Bertz CT molecular complexity index is 1420. The second kappa shape index (κ2) is 8.41. The van der Waals surface area contributed by atoms with Crippen LogP contribution >= 0.6 is 23.2 Å². The molecule has 10 heteroatoms. The van der Waals surface area contributed by atoms with E-state index in [9.17, 15) is 9.59 Å². The van der Waals surface area contributed by atoms with E-state index in [4.69, 9.17) is 23.2 Å². The average Bonchev–Trinajstić information content (AvgIpc) is 3.12. The Labute approximate surface area is 187 Å². The molecule has 0 spiro atoms. The molecule has 0 unspecified atom stereocenters. The number of nitrogens with one attached hydrogen (secondary N) is 1. The quantitative estimate of drug-likeness (QED) is 0.368. The number of hydrazone groups is 1. The summed E-state index contributed by atoms with van der Waals surface area (Å²) in [5, 5.41) is 5.39. The van der Waals surface area contributed by atoms with Crippen LogP contribution in [0.2, 0.25) is 10.0 Å². The lowest BCUT2D eigenvalue weighted by atomic mass is 10.2. The first-order valence-corrected chi connectivity index (χ1v) is 10.1. The van der Waals surface area contributed by atoms with Crippen molar-refractivity contribution in [2.45, 2.75) is 6.54 Å². The van der Waals surface area contributed by atoms with Crippen molar-refractivity contribution in [1.29, 1.82) is 0 Å². The fourth-order valence-corrected chi connectivity index (χ4v) is 3.51. The van der Waals surface area contributed by atoms with Crippen molar-refractivity contribution in [2.75, 3.05) is 5.43 Å². The average molecular weight is 457 g/mol. The van der Waals surface area contributed by atoms with Gasteiger partial charge in [-0.2, -0.15) is 10.1 Å². The van der Waals surface area contributed by atoms with Gasteiger partial charge in [-0.3, -0.25) is 18.5 Å². The molecule has 0 atom stereocenters. The number of anilines is 1. The molecule has 0 amide bonds. The van der Waals surface area contributed by atoms with Crippen LogP contribution in [0.1, 0.15) is 11.1 Å². The number of rotatable bonds is 5. The van der Waals surface area contributed by atoms with E-state index in [1.54, 1.807) is 36.0 Å². The molecule has 2 heterocycles. The molecule has 31 heavy (non-hydrogen) atoms. The molecular formula is C21H18Cl2N6O2. The Morgan fingerprint density at radius 1 is 1.03 bits per heavy atom. The summed E-state index contributed by atoms with van der Waals surface area (Å²) in [5.41, 5.74) is 4.15. The van der Waals surface area contributed by atoms with Crippen LogP contribution in [0.25, 0.3) is 11.2 Å². The van der Waals surface area contributed by atoms with Gasteiger partial charge in [0.2, 0.25) is 5.95 Å². The fraction of sp³-hybridized carbons (Fsp3) is 0.143. The van der Waals surface area contributed by atoms with Crippen molar-refractivity contribution in [1.82, 2.24) is 18.7 Å². The number of hydrogen-bond donors (Lipinski definition) is 1. The molecule has 0 saturated carbocycles. The molecular weight excluding hydrogens is 439 g/mol. The predicted molar refractivity (Wildman–Crippen MR) is 123 cm³/mol. The van der Waals surface area contributed by atoms with Crippen molar-refractivity contribution in [2.24, 2.45) is 19.2 Å². The third-order valence-corrected chi connectivity index (χ3v) is 5.47. The van der Waals surface area contributed by atoms with E-state index in [0.29, 0.717) is 22.5 Å². The van der Waals surface area contributed by atoms with Gasteiger partial charge in [-0.25, -0.2) is 10.2 Å². The Balaban J connectivity index is 1.83. The second-order valence-electron chi connectivity index (χ2n) is 6.92. The van der Waals surface area contributed by atoms with Crippen LogP contribution in [-0.2, 0) is 20.6 Å². The van der Waals surface area contributed by atoms with Gasteiger partial charge in [0, 0.05) is 29.7 Å². The second-order valence-corrected chi connectivity index (χ2v) is 7.76. The summed E-state index contributed by atoms with van der Waals surface area (Å²) in [5.74, 6) is 0.312. The van der Waals surface area contributed by atoms with Gasteiger partial charge in [-0.15, -0.1) is 0 Å². The number of nitrogens with zero attached hydrogens (tertiary/aromatic N) is 5. The van der Waals surface area contributed by atoms with Gasteiger partial charge in [0.05, 0.1) is 12.8 Å². The Morgan fingerprint density at radius 2 is 1.74 bits per heavy atom. The zero-order valence-electron chi connectivity index (χ0n) is 16.7. The summed E-state index contributed by atoms with van der Waals surface area (Å²) >= 11 is 12.2. The van der Waals surface area contributed by atoms with Gasteiger partial charge in [0.1, 0.15) is 0 Å². The number of aromatic nitrogens is 4. The number of hydrogen-bond acceptors (Lipinski definition) is 5. The maximum absolute atomic E-state index is 12.9. The monoisotopic (exact) mass is 456 g/mol. The largest absolute Gasteiger partial charge is 0.332 e. The van der Waals surface area contributed by atoms with E-state index in [2.05, 4.69) is 15.5 Å². The zero-order chi connectivity index (χ0) is 22.1. The first kappa shape index (κ1) is 20.9. The fourth-order valence-electron chi connectivity index (χ4n) is 3.20. The number of halogens is 2. The molecule has 0 saturated heterocycles. The molecule has 0 aliphatic rings.